The van der Waals surface area contributed by atoms with Crippen molar-refractivity contribution >= 4 is 11.9 Å². The van der Waals surface area contributed by atoms with E-state index >= 15 is 0 Å². The molecule has 0 aromatic carbocycles. The van der Waals surface area contributed by atoms with E-state index in [4.69, 9.17) is 14.7 Å². The Hall–Kier alpha value is -2.09. The average molecular weight is 259 g/mol. The van der Waals surface area contributed by atoms with Gasteiger partial charge in [-0.15, -0.1) is 0 Å². The van der Waals surface area contributed by atoms with Crippen LogP contribution < -0.4 is 0 Å². The maximum atomic E-state index is 11.9. The zero-order chi connectivity index (χ0) is 13.7. The fourth-order valence-corrected chi connectivity index (χ4v) is 3.60. The second kappa shape index (κ2) is 3.95. The number of hydrogen-bond donors (Lipinski definition) is 0. The van der Waals surface area contributed by atoms with Gasteiger partial charge >= 0.3 is 11.9 Å². The fourth-order valence-electron chi connectivity index (χ4n) is 3.60. The summed E-state index contributed by atoms with van der Waals surface area (Å²) < 4.78 is 9.56. The molecule has 0 heterocycles. The van der Waals surface area contributed by atoms with E-state index in [9.17, 15) is 9.59 Å². The number of esters is 2. The van der Waals surface area contributed by atoms with Crippen molar-refractivity contribution in [2.24, 2.45) is 29.6 Å². The zero-order valence-corrected chi connectivity index (χ0v) is 10.6. The highest BCUT2D eigenvalue weighted by Gasteiger charge is 2.65. The van der Waals surface area contributed by atoms with Crippen molar-refractivity contribution in [2.75, 3.05) is 14.2 Å². The van der Waals surface area contributed by atoms with Crippen LogP contribution in [0.5, 0.6) is 0 Å². The van der Waals surface area contributed by atoms with E-state index in [2.05, 4.69) is 6.07 Å². The summed E-state index contributed by atoms with van der Waals surface area (Å²) in [6.07, 6.45) is 3.84. The SMILES string of the molecule is COC(=O)C1=C(C(=O)OC)[C@@H]2C=C[C@H]1[C@H]1C(C#N)[C@H]12. The molecule has 4 aliphatic carbocycles. The van der Waals surface area contributed by atoms with E-state index in [1.165, 1.54) is 14.2 Å². The van der Waals surface area contributed by atoms with Crippen LogP contribution in [-0.2, 0) is 19.1 Å². The highest BCUT2D eigenvalue weighted by Crippen LogP contribution is 2.65. The Morgan fingerprint density at radius 3 is 1.79 bits per heavy atom. The predicted octanol–water partition coefficient (Wildman–Crippen LogP) is 0.831. The number of nitriles is 1. The number of methoxy groups -OCH3 is 2. The lowest BCUT2D eigenvalue weighted by Crippen LogP contribution is -2.33. The Balaban J connectivity index is 2.09. The van der Waals surface area contributed by atoms with Gasteiger partial charge in [0.25, 0.3) is 0 Å². The van der Waals surface area contributed by atoms with Gasteiger partial charge in [-0.2, -0.15) is 5.26 Å². The van der Waals surface area contributed by atoms with Crippen LogP contribution >= 0.6 is 0 Å². The normalized spacial score (nSPS) is 37.4. The molecule has 98 valence electrons. The van der Waals surface area contributed by atoms with Crippen molar-refractivity contribution in [1.29, 1.82) is 5.26 Å². The van der Waals surface area contributed by atoms with Crippen molar-refractivity contribution < 1.29 is 19.1 Å². The van der Waals surface area contributed by atoms with E-state index in [0.717, 1.165) is 0 Å². The molecule has 5 nitrogen and oxygen atoms in total. The molecule has 0 spiro atoms. The quantitative estimate of drug-likeness (QED) is 0.542. The molecule has 4 rings (SSSR count). The van der Waals surface area contributed by atoms with E-state index in [-0.39, 0.29) is 29.6 Å². The van der Waals surface area contributed by atoms with Crippen LogP contribution in [0, 0.1) is 40.9 Å². The van der Waals surface area contributed by atoms with E-state index in [1.54, 1.807) is 0 Å². The fraction of sp³-hybridized carbons (Fsp3) is 0.500. The van der Waals surface area contributed by atoms with Crippen molar-refractivity contribution in [2.45, 2.75) is 0 Å². The molecule has 0 aromatic heterocycles. The standard InChI is InChI=1S/C14H13NO4/c1-18-13(16)11-6-3-4-7(12(11)14(17)19-2)10-8(5-15)9(6)10/h3-4,6-10H,1-2H3/t6-,7+,8?,9-,10+. The molecule has 19 heavy (non-hydrogen) atoms. The van der Waals surface area contributed by atoms with Crippen molar-refractivity contribution in [1.82, 2.24) is 0 Å². The summed E-state index contributed by atoms with van der Waals surface area (Å²) in [6, 6.07) is 2.27. The number of carbonyl (C=O) groups is 2. The molecule has 0 amide bonds. The first-order chi connectivity index (χ1) is 9.15. The topological polar surface area (TPSA) is 76.4 Å². The number of allylic oxidation sites excluding steroid dienone is 2. The van der Waals surface area contributed by atoms with Gasteiger partial charge in [0.05, 0.1) is 37.4 Å². The molecule has 0 radical (unpaired) electrons. The van der Waals surface area contributed by atoms with Crippen LogP contribution in [0.3, 0.4) is 0 Å². The lowest BCUT2D eigenvalue weighted by Gasteiger charge is -2.32. The summed E-state index contributed by atoms with van der Waals surface area (Å²) >= 11 is 0. The van der Waals surface area contributed by atoms with Gasteiger partial charge in [0.2, 0.25) is 0 Å². The van der Waals surface area contributed by atoms with Gasteiger partial charge < -0.3 is 9.47 Å². The highest BCUT2D eigenvalue weighted by atomic mass is 16.5. The minimum atomic E-state index is -0.498. The van der Waals surface area contributed by atoms with Crippen molar-refractivity contribution in [3.05, 3.63) is 23.3 Å². The number of nitrogens with zero attached hydrogens (tertiary/aromatic N) is 1. The van der Waals surface area contributed by atoms with Crippen LogP contribution in [0.15, 0.2) is 23.3 Å². The Morgan fingerprint density at radius 2 is 1.47 bits per heavy atom. The molecule has 0 saturated heterocycles. The van der Waals surface area contributed by atoms with Crippen LogP contribution in [0.4, 0.5) is 0 Å². The number of hydrogen-bond acceptors (Lipinski definition) is 5. The van der Waals surface area contributed by atoms with E-state index < -0.39 is 11.9 Å². The largest absolute Gasteiger partial charge is 0.466 e. The third-order valence-corrected chi connectivity index (χ3v) is 4.40. The molecule has 1 unspecified atom stereocenters. The molecule has 2 bridgehead atoms. The third-order valence-electron chi connectivity index (χ3n) is 4.40. The number of ether oxygens (including phenoxy) is 2. The van der Waals surface area contributed by atoms with Crippen LogP contribution in [0.1, 0.15) is 0 Å². The smallest absolute Gasteiger partial charge is 0.334 e. The van der Waals surface area contributed by atoms with Gasteiger partial charge in [-0.05, 0) is 11.8 Å². The Bertz CT molecular complexity index is 526. The molecule has 5 atom stereocenters. The second-order valence-electron chi connectivity index (χ2n) is 5.06. The Morgan fingerprint density at radius 1 is 1.05 bits per heavy atom. The maximum absolute atomic E-state index is 11.9. The van der Waals surface area contributed by atoms with Crippen LogP contribution in [0.2, 0.25) is 0 Å². The average Bonchev–Trinajstić information content (AvgIpc) is 3.21. The highest BCUT2D eigenvalue weighted by molar-refractivity contribution is 6.03. The second-order valence-corrected chi connectivity index (χ2v) is 5.06. The maximum Gasteiger partial charge on any atom is 0.334 e. The first-order valence-corrected chi connectivity index (χ1v) is 6.14. The van der Waals surface area contributed by atoms with Gasteiger partial charge in [-0.1, -0.05) is 12.2 Å². The molecule has 0 aliphatic heterocycles. The summed E-state index contributed by atoms with van der Waals surface area (Å²) in [7, 11) is 2.59. The lowest BCUT2D eigenvalue weighted by atomic mass is 9.71. The van der Waals surface area contributed by atoms with Crippen molar-refractivity contribution in [3.63, 3.8) is 0 Å². The van der Waals surface area contributed by atoms with Crippen LogP contribution in [0.25, 0.3) is 0 Å². The predicted molar refractivity (Wildman–Crippen MR) is 63.3 cm³/mol. The molecule has 0 aromatic rings. The summed E-state index contributed by atoms with van der Waals surface area (Å²) in [5.41, 5.74) is 0.752. The first kappa shape index (κ1) is 12.0. The van der Waals surface area contributed by atoms with Gasteiger partial charge in [-0.25, -0.2) is 9.59 Å². The number of carbonyl (C=O) groups excluding carboxylic acids is 2. The lowest BCUT2D eigenvalue weighted by molar-refractivity contribution is -0.140. The van der Waals surface area contributed by atoms with Gasteiger partial charge in [0, 0.05) is 11.8 Å². The van der Waals surface area contributed by atoms with Gasteiger partial charge in [-0.3, -0.25) is 0 Å². The first-order valence-electron chi connectivity index (χ1n) is 6.14. The Labute approximate surface area is 110 Å². The monoisotopic (exact) mass is 259 g/mol. The molecule has 4 aliphatic rings. The van der Waals surface area contributed by atoms with E-state index in [1.807, 2.05) is 12.2 Å². The summed E-state index contributed by atoms with van der Waals surface area (Å²) in [5, 5.41) is 9.14. The minimum Gasteiger partial charge on any atom is -0.466 e. The molecular weight excluding hydrogens is 246 g/mol. The van der Waals surface area contributed by atoms with E-state index in [0.29, 0.717) is 11.1 Å². The molecule has 5 heteroatoms. The van der Waals surface area contributed by atoms with Crippen LogP contribution in [-0.4, -0.2) is 26.2 Å². The summed E-state index contributed by atoms with van der Waals surface area (Å²) in [5.74, 6) is -1.19. The summed E-state index contributed by atoms with van der Waals surface area (Å²) in [6.45, 7) is 0. The zero-order valence-electron chi connectivity index (χ0n) is 10.6. The summed E-state index contributed by atoms with van der Waals surface area (Å²) in [4.78, 5) is 23.9. The third kappa shape index (κ3) is 1.40. The molecule has 0 N–H and O–H groups in total. The van der Waals surface area contributed by atoms with Gasteiger partial charge in [0.1, 0.15) is 0 Å². The number of rotatable bonds is 2. The Kier molecular flexibility index (Phi) is 2.49. The van der Waals surface area contributed by atoms with Crippen molar-refractivity contribution in [3.8, 4) is 6.07 Å². The minimum absolute atomic E-state index is 0.0909. The molecular formula is C14H13NO4. The molecule has 1 saturated carbocycles. The van der Waals surface area contributed by atoms with Gasteiger partial charge in [0.15, 0.2) is 0 Å². The molecule has 1 fully saturated rings.